The van der Waals surface area contributed by atoms with Crippen LogP contribution in [0.4, 0.5) is 0 Å². The van der Waals surface area contributed by atoms with Crippen molar-refractivity contribution >= 4 is 34.0 Å². The van der Waals surface area contributed by atoms with Crippen LogP contribution in [0, 0.1) is 6.92 Å². The van der Waals surface area contributed by atoms with Crippen molar-refractivity contribution in [1.29, 1.82) is 0 Å². The van der Waals surface area contributed by atoms with Crippen molar-refractivity contribution in [3.63, 3.8) is 0 Å². The number of fused-ring (bicyclic) bond motifs is 1. The lowest BCUT2D eigenvalue weighted by atomic mass is 10.0. The Bertz CT molecular complexity index is 777. The minimum atomic E-state index is -0.0655. The van der Waals surface area contributed by atoms with Crippen LogP contribution in [-0.4, -0.2) is 0 Å². The topological polar surface area (TPSA) is 0 Å². The fraction of sp³-hybridized carbons (Fsp3) is 0.158. The summed E-state index contributed by atoms with van der Waals surface area (Å²) in [6, 6.07) is 20.9. The van der Waals surface area contributed by atoms with Gasteiger partial charge in [0, 0.05) is 5.02 Å². The number of alkyl halides is 1. The van der Waals surface area contributed by atoms with Gasteiger partial charge in [0.15, 0.2) is 0 Å². The van der Waals surface area contributed by atoms with Gasteiger partial charge in [-0.3, -0.25) is 0 Å². The Morgan fingerprint density at radius 1 is 0.905 bits per heavy atom. The summed E-state index contributed by atoms with van der Waals surface area (Å²) in [7, 11) is 0. The third-order valence-electron chi connectivity index (χ3n) is 3.79. The first kappa shape index (κ1) is 14.4. The van der Waals surface area contributed by atoms with Gasteiger partial charge in [0.05, 0.1) is 5.38 Å². The van der Waals surface area contributed by atoms with Crippen LogP contribution in [0.25, 0.3) is 10.8 Å². The van der Waals surface area contributed by atoms with E-state index in [9.17, 15) is 0 Å². The van der Waals surface area contributed by atoms with Crippen LogP contribution in [0.5, 0.6) is 0 Å². The molecule has 1 unspecified atom stereocenters. The number of rotatable bonds is 3. The van der Waals surface area contributed by atoms with E-state index >= 15 is 0 Å². The molecule has 3 rings (SSSR count). The summed E-state index contributed by atoms with van der Waals surface area (Å²) in [5.74, 6) is 0. The average Bonchev–Trinajstić information content (AvgIpc) is 2.50. The predicted octanol–water partition coefficient (Wildman–Crippen LogP) is 6.32. The molecule has 0 bridgehead atoms. The molecular formula is C19H16Cl2. The zero-order chi connectivity index (χ0) is 14.8. The predicted molar refractivity (Wildman–Crippen MR) is 92.4 cm³/mol. The maximum Gasteiger partial charge on any atom is 0.0626 e. The summed E-state index contributed by atoms with van der Waals surface area (Å²) >= 11 is 12.7. The van der Waals surface area contributed by atoms with Crippen molar-refractivity contribution in [2.24, 2.45) is 0 Å². The quantitative estimate of drug-likeness (QED) is 0.496. The monoisotopic (exact) mass is 314 g/mol. The number of hydrogen-bond donors (Lipinski definition) is 0. The molecule has 0 fully saturated rings. The molecule has 0 saturated carbocycles. The summed E-state index contributed by atoms with van der Waals surface area (Å²) in [4.78, 5) is 0. The van der Waals surface area contributed by atoms with Gasteiger partial charge in [0.1, 0.15) is 0 Å². The van der Waals surface area contributed by atoms with E-state index in [1.54, 1.807) is 0 Å². The van der Waals surface area contributed by atoms with Gasteiger partial charge < -0.3 is 0 Å². The van der Waals surface area contributed by atoms with Crippen LogP contribution >= 0.6 is 23.2 Å². The Hall–Kier alpha value is -1.50. The van der Waals surface area contributed by atoms with Crippen LogP contribution in [0.2, 0.25) is 5.02 Å². The molecule has 0 aliphatic heterocycles. The van der Waals surface area contributed by atoms with Crippen molar-refractivity contribution in [3.05, 3.63) is 82.4 Å². The van der Waals surface area contributed by atoms with E-state index in [0.29, 0.717) is 0 Å². The third kappa shape index (κ3) is 3.23. The van der Waals surface area contributed by atoms with Gasteiger partial charge in [0.25, 0.3) is 0 Å². The fourth-order valence-electron chi connectivity index (χ4n) is 2.49. The molecule has 0 aliphatic rings. The summed E-state index contributed by atoms with van der Waals surface area (Å²) in [5, 5.41) is 3.22. The molecule has 1 atom stereocenters. The van der Waals surface area contributed by atoms with Crippen molar-refractivity contribution in [3.8, 4) is 0 Å². The van der Waals surface area contributed by atoms with E-state index in [-0.39, 0.29) is 5.38 Å². The molecule has 21 heavy (non-hydrogen) atoms. The highest BCUT2D eigenvalue weighted by Crippen LogP contribution is 2.29. The van der Waals surface area contributed by atoms with Gasteiger partial charge in [-0.25, -0.2) is 0 Å². The molecule has 0 saturated heterocycles. The highest BCUT2D eigenvalue weighted by Gasteiger charge is 2.10. The molecule has 3 aromatic rings. The lowest BCUT2D eigenvalue weighted by Crippen LogP contribution is -1.96. The van der Waals surface area contributed by atoms with E-state index in [1.165, 1.54) is 16.3 Å². The van der Waals surface area contributed by atoms with Gasteiger partial charge in [-0.1, -0.05) is 66.2 Å². The third-order valence-corrected chi connectivity index (χ3v) is 4.60. The van der Waals surface area contributed by atoms with Gasteiger partial charge in [-0.15, -0.1) is 11.6 Å². The number of halogens is 2. The first-order chi connectivity index (χ1) is 10.1. The van der Waals surface area contributed by atoms with Crippen molar-refractivity contribution in [2.45, 2.75) is 18.7 Å². The maximum absolute atomic E-state index is 6.56. The van der Waals surface area contributed by atoms with E-state index in [4.69, 9.17) is 23.2 Å². The smallest absolute Gasteiger partial charge is 0.0626 e. The largest absolute Gasteiger partial charge is 0.117 e. The van der Waals surface area contributed by atoms with Gasteiger partial charge in [0.2, 0.25) is 0 Å². The second-order valence-corrected chi connectivity index (χ2v) is 6.30. The van der Waals surface area contributed by atoms with Crippen LogP contribution in [0.1, 0.15) is 22.1 Å². The van der Waals surface area contributed by atoms with E-state index < -0.39 is 0 Å². The molecule has 0 aromatic heterocycles. The lowest BCUT2D eigenvalue weighted by Gasteiger charge is -2.12. The van der Waals surface area contributed by atoms with Crippen molar-refractivity contribution in [2.75, 3.05) is 0 Å². The Kier molecular flexibility index (Phi) is 4.19. The van der Waals surface area contributed by atoms with Crippen molar-refractivity contribution < 1.29 is 0 Å². The molecular weight excluding hydrogens is 299 g/mol. The summed E-state index contributed by atoms with van der Waals surface area (Å²) in [6.07, 6.45) is 0.797. The summed E-state index contributed by atoms with van der Waals surface area (Å²) < 4.78 is 0. The molecule has 0 amide bonds. The van der Waals surface area contributed by atoms with Crippen LogP contribution in [0.15, 0.2) is 60.7 Å². The Morgan fingerprint density at radius 2 is 1.67 bits per heavy atom. The van der Waals surface area contributed by atoms with E-state index in [2.05, 4.69) is 48.5 Å². The first-order valence-electron chi connectivity index (χ1n) is 7.01. The molecule has 0 aliphatic carbocycles. The molecule has 0 heterocycles. The fourth-order valence-corrected chi connectivity index (χ4v) is 3.00. The number of hydrogen-bond acceptors (Lipinski definition) is 0. The van der Waals surface area contributed by atoms with E-state index in [0.717, 1.165) is 22.6 Å². The van der Waals surface area contributed by atoms with Gasteiger partial charge in [-0.05, 0) is 46.9 Å². The standard InChI is InChI=1S/C19H16Cl2/c1-13-6-8-17(12-18(13)20)19(21)11-14-7-9-15-4-2-3-5-16(15)10-14/h2-10,12,19H,11H2,1H3. The highest BCUT2D eigenvalue weighted by atomic mass is 35.5. The summed E-state index contributed by atoms with van der Waals surface area (Å²) in [6.45, 7) is 2.00. The molecule has 0 radical (unpaired) electrons. The SMILES string of the molecule is Cc1ccc(C(Cl)Cc2ccc3ccccc3c2)cc1Cl. The van der Waals surface area contributed by atoms with Crippen LogP contribution in [-0.2, 0) is 6.42 Å². The molecule has 106 valence electrons. The minimum Gasteiger partial charge on any atom is -0.117 e. The molecule has 3 aromatic carbocycles. The van der Waals surface area contributed by atoms with Crippen LogP contribution in [0.3, 0.4) is 0 Å². The Morgan fingerprint density at radius 3 is 2.43 bits per heavy atom. The normalized spacial score (nSPS) is 12.5. The second kappa shape index (κ2) is 6.09. The average molecular weight is 315 g/mol. The zero-order valence-corrected chi connectivity index (χ0v) is 13.3. The highest BCUT2D eigenvalue weighted by molar-refractivity contribution is 6.31. The zero-order valence-electron chi connectivity index (χ0n) is 11.8. The molecule has 0 N–H and O–H groups in total. The van der Waals surface area contributed by atoms with Crippen LogP contribution < -0.4 is 0 Å². The number of benzene rings is 3. The van der Waals surface area contributed by atoms with E-state index in [1.807, 2.05) is 19.1 Å². The first-order valence-corrected chi connectivity index (χ1v) is 7.83. The number of aryl methyl sites for hydroxylation is 1. The lowest BCUT2D eigenvalue weighted by molar-refractivity contribution is 0.921. The minimum absolute atomic E-state index is 0.0655. The van der Waals surface area contributed by atoms with Gasteiger partial charge in [-0.2, -0.15) is 0 Å². The van der Waals surface area contributed by atoms with Crippen molar-refractivity contribution in [1.82, 2.24) is 0 Å². The Labute approximate surface area is 135 Å². The second-order valence-electron chi connectivity index (χ2n) is 5.36. The summed E-state index contributed by atoms with van der Waals surface area (Å²) in [5.41, 5.74) is 3.39. The Balaban J connectivity index is 1.85. The molecule has 2 heteroatoms. The maximum atomic E-state index is 6.56. The molecule has 0 nitrogen and oxygen atoms in total. The van der Waals surface area contributed by atoms with Gasteiger partial charge >= 0.3 is 0 Å². The molecule has 0 spiro atoms.